The molecule has 0 saturated carbocycles. The highest BCUT2D eigenvalue weighted by atomic mass is 32.2. The quantitative estimate of drug-likeness (QED) is 0.707. The molecule has 1 aliphatic rings. The number of alkyl halides is 1. The fourth-order valence-corrected chi connectivity index (χ4v) is 4.77. The van der Waals surface area contributed by atoms with Crippen molar-refractivity contribution in [2.75, 3.05) is 26.4 Å². The van der Waals surface area contributed by atoms with Crippen LogP contribution in [0.25, 0.3) is 11.1 Å². The highest BCUT2D eigenvalue weighted by Crippen LogP contribution is 2.31. The number of benzene rings is 2. The van der Waals surface area contributed by atoms with Gasteiger partial charge in [-0.05, 0) is 25.0 Å². The number of likely N-dealkylation sites (tertiary alicyclic amines) is 1. The fourth-order valence-electron chi connectivity index (χ4n) is 3.88. The standard InChI is InChI=1S/C22H26F3N3O3S/c1-4-32(30,31)26-21-18(24)13-28(22(29)27(2)3)19(21)12-14-8-7-10-16(20(14)25)15-9-5-6-11-17(15)23/h5-11,18-19,21,26H,4,12-13H2,1-3H3/t18-,19-,21-/m0/s1. The van der Waals surface area contributed by atoms with Gasteiger partial charge in [0, 0.05) is 25.2 Å². The lowest BCUT2D eigenvalue weighted by atomic mass is 9.95. The zero-order valence-corrected chi connectivity index (χ0v) is 18.9. The molecule has 3 rings (SSSR count). The number of amides is 2. The molecule has 174 valence electrons. The molecular weight excluding hydrogens is 443 g/mol. The second kappa shape index (κ2) is 9.50. The van der Waals surface area contributed by atoms with Crippen molar-refractivity contribution in [3.63, 3.8) is 0 Å². The minimum atomic E-state index is -3.78. The number of rotatable bonds is 6. The Bertz CT molecular complexity index is 1090. The molecule has 0 aromatic heterocycles. The van der Waals surface area contributed by atoms with Crippen LogP contribution >= 0.6 is 0 Å². The van der Waals surface area contributed by atoms with E-state index in [4.69, 9.17) is 0 Å². The van der Waals surface area contributed by atoms with Gasteiger partial charge in [0.05, 0.1) is 24.4 Å². The monoisotopic (exact) mass is 469 g/mol. The van der Waals surface area contributed by atoms with E-state index in [-0.39, 0.29) is 35.4 Å². The second-order valence-corrected chi connectivity index (χ2v) is 9.96. The first-order valence-corrected chi connectivity index (χ1v) is 11.8. The lowest BCUT2D eigenvalue weighted by Gasteiger charge is -2.30. The third-order valence-corrected chi connectivity index (χ3v) is 6.96. The van der Waals surface area contributed by atoms with Crippen molar-refractivity contribution in [3.8, 4) is 11.1 Å². The van der Waals surface area contributed by atoms with E-state index in [1.807, 2.05) is 0 Å². The third-order valence-electron chi connectivity index (χ3n) is 5.57. The summed E-state index contributed by atoms with van der Waals surface area (Å²) in [6.45, 7) is 1.09. The van der Waals surface area contributed by atoms with Crippen LogP contribution < -0.4 is 4.72 Å². The molecule has 0 unspecified atom stereocenters. The van der Waals surface area contributed by atoms with Gasteiger partial charge in [-0.2, -0.15) is 0 Å². The van der Waals surface area contributed by atoms with Gasteiger partial charge >= 0.3 is 6.03 Å². The molecule has 1 aliphatic heterocycles. The predicted molar refractivity (Wildman–Crippen MR) is 116 cm³/mol. The molecule has 2 aromatic carbocycles. The number of sulfonamides is 1. The van der Waals surface area contributed by atoms with Crippen molar-refractivity contribution >= 4 is 16.1 Å². The highest BCUT2D eigenvalue weighted by molar-refractivity contribution is 7.89. The zero-order valence-electron chi connectivity index (χ0n) is 18.1. The van der Waals surface area contributed by atoms with Crippen LogP contribution in [0.1, 0.15) is 12.5 Å². The van der Waals surface area contributed by atoms with E-state index in [1.54, 1.807) is 12.1 Å². The number of nitrogens with one attached hydrogen (secondary N) is 1. The van der Waals surface area contributed by atoms with Crippen LogP contribution in [0.4, 0.5) is 18.0 Å². The molecule has 2 amide bonds. The average molecular weight is 470 g/mol. The van der Waals surface area contributed by atoms with Crippen LogP contribution in [0.15, 0.2) is 42.5 Å². The van der Waals surface area contributed by atoms with E-state index in [0.717, 1.165) is 0 Å². The Labute approximate surface area is 186 Å². The summed E-state index contributed by atoms with van der Waals surface area (Å²) in [6, 6.07) is 7.49. The molecule has 1 saturated heterocycles. The van der Waals surface area contributed by atoms with Crippen LogP contribution in [0, 0.1) is 11.6 Å². The summed E-state index contributed by atoms with van der Waals surface area (Å²) in [5.74, 6) is -1.55. The van der Waals surface area contributed by atoms with Crippen LogP contribution in [-0.4, -0.2) is 68.9 Å². The zero-order chi connectivity index (χ0) is 23.6. The molecule has 1 heterocycles. The Balaban J connectivity index is 2.01. The normalized spacial score (nSPS) is 21.1. The van der Waals surface area contributed by atoms with Gasteiger partial charge < -0.3 is 9.80 Å². The van der Waals surface area contributed by atoms with Gasteiger partial charge in [-0.15, -0.1) is 0 Å². The Hall–Kier alpha value is -2.59. The Morgan fingerprint density at radius 2 is 1.78 bits per heavy atom. The van der Waals surface area contributed by atoms with Crippen LogP contribution in [-0.2, 0) is 16.4 Å². The lowest BCUT2D eigenvalue weighted by molar-refractivity contribution is 0.161. The van der Waals surface area contributed by atoms with E-state index in [0.29, 0.717) is 0 Å². The van der Waals surface area contributed by atoms with Crippen LogP contribution in [0.3, 0.4) is 0 Å². The third kappa shape index (κ3) is 4.91. The van der Waals surface area contributed by atoms with E-state index in [2.05, 4.69) is 4.72 Å². The summed E-state index contributed by atoms with van der Waals surface area (Å²) in [6.07, 6.45) is -1.81. The van der Waals surface area contributed by atoms with E-state index in [1.165, 1.54) is 61.2 Å². The second-order valence-electron chi connectivity index (χ2n) is 7.92. The summed E-state index contributed by atoms with van der Waals surface area (Å²) in [5, 5.41) is 0. The van der Waals surface area contributed by atoms with Gasteiger partial charge in [-0.3, -0.25) is 0 Å². The number of hydrogen-bond acceptors (Lipinski definition) is 3. The molecule has 1 N–H and O–H groups in total. The van der Waals surface area contributed by atoms with E-state index in [9.17, 15) is 22.0 Å². The Morgan fingerprint density at radius 3 is 2.41 bits per heavy atom. The van der Waals surface area contributed by atoms with Crippen molar-refractivity contribution < 1.29 is 26.4 Å². The van der Waals surface area contributed by atoms with Crippen molar-refractivity contribution in [1.29, 1.82) is 0 Å². The molecule has 0 spiro atoms. The lowest BCUT2D eigenvalue weighted by Crippen LogP contribution is -2.51. The number of hydrogen-bond donors (Lipinski definition) is 1. The maximum absolute atomic E-state index is 15.4. The van der Waals surface area contributed by atoms with Crippen LogP contribution in [0.5, 0.6) is 0 Å². The molecule has 3 atom stereocenters. The van der Waals surface area contributed by atoms with Crippen LogP contribution in [0.2, 0.25) is 0 Å². The van der Waals surface area contributed by atoms with Crippen molar-refractivity contribution in [2.24, 2.45) is 0 Å². The largest absolute Gasteiger partial charge is 0.331 e. The molecule has 0 bridgehead atoms. The molecule has 6 nitrogen and oxygen atoms in total. The van der Waals surface area contributed by atoms with Crippen molar-refractivity contribution in [2.45, 2.75) is 31.6 Å². The van der Waals surface area contributed by atoms with Gasteiger partial charge in [-0.1, -0.05) is 36.4 Å². The summed E-state index contributed by atoms with van der Waals surface area (Å²) in [4.78, 5) is 15.1. The molecule has 32 heavy (non-hydrogen) atoms. The molecule has 2 aromatic rings. The first-order chi connectivity index (χ1) is 15.1. The minimum Gasteiger partial charge on any atom is -0.331 e. The van der Waals surface area contributed by atoms with E-state index < -0.39 is 45.9 Å². The van der Waals surface area contributed by atoms with Gasteiger partial charge in [0.25, 0.3) is 0 Å². The maximum Gasteiger partial charge on any atom is 0.319 e. The predicted octanol–water partition coefficient (Wildman–Crippen LogP) is 3.19. The SMILES string of the molecule is CCS(=O)(=O)N[C@H]1[C@@H](F)CN(C(=O)N(C)C)[C@H]1Cc1cccc(-c2ccccc2F)c1F. The van der Waals surface area contributed by atoms with Gasteiger partial charge in [-0.25, -0.2) is 31.1 Å². The first kappa shape index (κ1) is 24.1. The highest BCUT2D eigenvalue weighted by Gasteiger charge is 2.46. The summed E-state index contributed by atoms with van der Waals surface area (Å²) < 4.78 is 71.1. The van der Waals surface area contributed by atoms with Crippen molar-refractivity contribution in [1.82, 2.24) is 14.5 Å². The minimum absolute atomic E-state index is 0.0339. The Morgan fingerprint density at radius 1 is 1.12 bits per heavy atom. The summed E-state index contributed by atoms with van der Waals surface area (Å²) in [7, 11) is -0.791. The summed E-state index contributed by atoms with van der Waals surface area (Å²) >= 11 is 0. The molecule has 1 fully saturated rings. The topological polar surface area (TPSA) is 69.7 Å². The maximum atomic E-state index is 15.4. The number of nitrogens with zero attached hydrogens (tertiary/aromatic N) is 2. The molecule has 10 heteroatoms. The van der Waals surface area contributed by atoms with E-state index >= 15 is 4.39 Å². The number of carbonyl (C=O) groups is 1. The number of carbonyl (C=O) groups excluding carboxylic acids is 1. The number of halogens is 3. The fraction of sp³-hybridized carbons (Fsp3) is 0.409. The first-order valence-electron chi connectivity index (χ1n) is 10.2. The molecule has 0 aliphatic carbocycles. The smallest absolute Gasteiger partial charge is 0.319 e. The van der Waals surface area contributed by atoms with Gasteiger partial charge in [0.15, 0.2) is 0 Å². The molecule has 0 radical (unpaired) electrons. The Kier molecular flexibility index (Phi) is 7.14. The average Bonchev–Trinajstić information content (AvgIpc) is 3.04. The molecular formula is C22H26F3N3O3S. The number of urea groups is 1. The summed E-state index contributed by atoms with van der Waals surface area (Å²) in [5.41, 5.74) is 0.236. The van der Waals surface area contributed by atoms with Gasteiger partial charge in [0.1, 0.15) is 17.8 Å². The van der Waals surface area contributed by atoms with Gasteiger partial charge in [0.2, 0.25) is 10.0 Å². The van der Waals surface area contributed by atoms with Crippen molar-refractivity contribution in [3.05, 3.63) is 59.7 Å².